The first-order valence-corrected chi connectivity index (χ1v) is 7.09. The second-order valence-corrected chi connectivity index (χ2v) is 4.91. The van der Waals surface area contributed by atoms with Crippen LogP contribution in [0.2, 0.25) is 0 Å². The van der Waals surface area contributed by atoms with Gasteiger partial charge in [0.2, 0.25) is 5.95 Å². The minimum atomic E-state index is -0.241. The van der Waals surface area contributed by atoms with E-state index in [4.69, 9.17) is 0 Å². The van der Waals surface area contributed by atoms with Crippen LogP contribution in [0.5, 0.6) is 0 Å². The lowest BCUT2D eigenvalue weighted by molar-refractivity contribution is 0.627. The van der Waals surface area contributed by atoms with Crippen molar-refractivity contribution in [2.24, 2.45) is 7.05 Å². The quantitative estimate of drug-likeness (QED) is 0.749. The first-order chi connectivity index (χ1) is 10.7. The lowest BCUT2D eigenvalue weighted by Gasteiger charge is -2.09. The highest BCUT2D eigenvalue weighted by molar-refractivity contribution is 5.87. The number of aromatic nitrogens is 4. The van der Waals surface area contributed by atoms with E-state index in [1.165, 1.54) is 12.1 Å². The summed E-state index contributed by atoms with van der Waals surface area (Å²) < 4.78 is 14.6. The standard InChI is InChI=1S/C15H17FN6.ClH/c1-3-17-15-20-13(12-9-19-22(2)14(12)21-15)18-8-10-4-6-11(16)7-5-10;/h4-7,9H,3,8H2,1-2H3,(H2,17,18,20,21);1H. The third kappa shape index (κ3) is 3.68. The van der Waals surface area contributed by atoms with Gasteiger partial charge in [0.25, 0.3) is 0 Å². The fraction of sp³-hybridized carbons (Fsp3) is 0.267. The lowest BCUT2D eigenvalue weighted by Crippen LogP contribution is -2.08. The number of nitrogens with zero attached hydrogens (tertiary/aromatic N) is 4. The van der Waals surface area contributed by atoms with E-state index in [1.54, 1.807) is 23.0 Å². The van der Waals surface area contributed by atoms with Crippen LogP contribution in [-0.4, -0.2) is 26.3 Å². The van der Waals surface area contributed by atoms with Crippen LogP contribution in [0.1, 0.15) is 12.5 Å². The fourth-order valence-electron chi connectivity index (χ4n) is 2.18. The average molecular weight is 337 g/mol. The number of halogens is 2. The Morgan fingerprint density at radius 2 is 1.87 bits per heavy atom. The fourth-order valence-corrected chi connectivity index (χ4v) is 2.18. The molecule has 122 valence electrons. The number of fused-ring (bicyclic) bond motifs is 1. The van der Waals surface area contributed by atoms with Crippen LogP contribution < -0.4 is 10.6 Å². The Bertz CT molecular complexity index is 787. The van der Waals surface area contributed by atoms with E-state index in [9.17, 15) is 4.39 Å². The Morgan fingerprint density at radius 1 is 1.13 bits per heavy atom. The van der Waals surface area contributed by atoms with Crippen LogP contribution in [-0.2, 0) is 13.6 Å². The molecule has 3 aromatic rings. The van der Waals surface area contributed by atoms with Crippen LogP contribution in [0, 0.1) is 5.82 Å². The van der Waals surface area contributed by atoms with Gasteiger partial charge < -0.3 is 10.6 Å². The molecule has 0 aliphatic carbocycles. The van der Waals surface area contributed by atoms with Crippen molar-refractivity contribution in [2.45, 2.75) is 13.5 Å². The zero-order chi connectivity index (χ0) is 15.5. The summed E-state index contributed by atoms with van der Waals surface area (Å²) in [5.74, 6) is 1.02. The Balaban J connectivity index is 0.00000192. The van der Waals surface area contributed by atoms with Crippen molar-refractivity contribution in [1.82, 2.24) is 19.7 Å². The normalized spacial score (nSPS) is 10.4. The molecule has 0 saturated heterocycles. The number of benzene rings is 1. The maximum absolute atomic E-state index is 12.9. The number of hydrogen-bond acceptors (Lipinski definition) is 5. The molecular weight excluding hydrogens is 319 g/mol. The molecule has 0 bridgehead atoms. The van der Waals surface area contributed by atoms with Gasteiger partial charge in [0.05, 0.1) is 11.6 Å². The Morgan fingerprint density at radius 3 is 2.57 bits per heavy atom. The molecule has 0 aliphatic heterocycles. The molecule has 0 fully saturated rings. The topological polar surface area (TPSA) is 67.7 Å². The number of anilines is 2. The summed E-state index contributed by atoms with van der Waals surface area (Å²) >= 11 is 0. The van der Waals surface area contributed by atoms with Gasteiger partial charge in [-0.25, -0.2) is 4.39 Å². The molecule has 0 spiro atoms. The molecule has 0 radical (unpaired) electrons. The molecule has 2 aromatic heterocycles. The van der Waals surface area contributed by atoms with Crippen LogP contribution in [0.25, 0.3) is 11.0 Å². The maximum atomic E-state index is 12.9. The van der Waals surface area contributed by atoms with E-state index in [1.807, 2.05) is 14.0 Å². The van der Waals surface area contributed by atoms with Gasteiger partial charge in [0.15, 0.2) is 5.65 Å². The summed E-state index contributed by atoms with van der Waals surface area (Å²) in [6, 6.07) is 6.38. The molecule has 0 aliphatic rings. The van der Waals surface area contributed by atoms with Crippen molar-refractivity contribution in [3.8, 4) is 0 Å². The first kappa shape index (κ1) is 17.0. The number of hydrogen-bond donors (Lipinski definition) is 2. The number of aryl methyl sites for hydroxylation is 1. The molecule has 8 heteroatoms. The minimum Gasteiger partial charge on any atom is -0.365 e. The Labute approximate surface area is 139 Å². The number of nitrogens with one attached hydrogen (secondary N) is 2. The van der Waals surface area contributed by atoms with Gasteiger partial charge in [-0.05, 0) is 24.6 Å². The first-order valence-electron chi connectivity index (χ1n) is 7.09. The predicted molar refractivity (Wildman–Crippen MR) is 91.4 cm³/mol. The van der Waals surface area contributed by atoms with Gasteiger partial charge in [0, 0.05) is 20.1 Å². The molecular formula is C15H18ClFN6. The monoisotopic (exact) mass is 336 g/mol. The molecule has 0 atom stereocenters. The van der Waals surface area contributed by atoms with E-state index >= 15 is 0 Å². The molecule has 0 amide bonds. The van der Waals surface area contributed by atoms with Gasteiger partial charge in [-0.3, -0.25) is 4.68 Å². The van der Waals surface area contributed by atoms with Crippen molar-refractivity contribution in [3.63, 3.8) is 0 Å². The van der Waals surface area contributed by atoms with Gasteiger partial charge >= 0.3 is 0 Å². The molecule has 2 heterocycles. The summed E-state index contributed by atoms with van der Waals surface area (Å²) in [5.41, 5.74) is 1.73. The SMILES string of the molecule is CCNc1nc(NCc2ccc(F)cc2)c2cnn(C)c2n1.Cl. The largest absolute Gasteiger partial charge is 0.365 e. The molecule has 6 nitrogen and oxygen atoms in total. The molecule has 3 rings (SSSR count). The molecule has 0 unspecified atom stereocenters. The summed E-state index contributed by atoms with van der Waals surface area (Å²) in [6.07, 6.45) is 1.73. The summed E-state index contributed by atoms with van der Waals surface area (Å²) in [5, 5.41) is 11.5. The van der Waals surface area contributed by atoms with Crippen LogP contribution >= 0.6 is 12.4 Å². The highest BCUT2D eigenvalue weighted by Crippen LogP contribution is 2.22. The molecule has 0 saturated carbocycles. The van der Waals surface area contributed by atoms with E-state index in [0.29, 0.717) is 18.3 Å². The predicted octanol–water partition coefficient (Wildman–Crippen LogP) is 2.97. The zero-order valence-corrected chi connectivity index (χ0v) is 13.7. The van der Waals surface area contributed by atoms with Gasteiger partial charge in [-0.1, -0.05) is 12.1 Å². The summed E-state index contributed by atoms with van der Waals surface area (Å²) in [6.45, 7) is 3.27. The van der Waals surface area contributed by atoms with Crippen LogP contribution in [0.3, 0.4) is 0 Å². The van der Waals surface area contributed by atoms with Crippen LogP contribution in [0.4, 0.5) is 16.2 Å². The minimum absolute atomic E-state index is 0. The summed E-state index contributed by atoms with van der Waals surface area (Å²) in [7, 11) is 1.84. The third-order valence-corrected chi connectivity index (χ3v) is 3.30. The molecule has 23 heavy (non-hydrogen) atoms. The zero-order valence-electron chi connectivity index (χ0n) is 12.9. The van der Waals surface area contributed by atoms with E-state index in [0.717, 1.165) is 23.1 Å². The number of rotatable bonds is 5. The Hall–Kier alpha value is -2.41. The lowest BCUT2D eigenvalue weighted by atomic mass is 10.2. The van der Waals surface area contributed by atoms with E-state index in [2.05, 4.69) is 25.7 Å². The second kappa shape index (κ2) is 7.23. The van der Waals surface area contributed by atoms with Crippen LogP contribution in [0.15, 0.2) is 30.5 Å². The van der Waals surface area contributed by atoms with Gasteiger partial charge in [0.1, 0.15) is 11.6 Å². The van der Waals surface area contributed by atoms with Crippen molar-refractivity contribution in [2.75, 3.05) is 17.2 Å². The highest BCUT2D eigenvalue weighted by atomic mass is 35.5. The van der Waals surface area contributed by atoms with E-state index < -0.39 is 0 Å². The molecule has 2 N–H and O–H groups in total. The van der Waals surface area contributed by atoms with E-state index in [-0.39, 0.29) is 18.2 Å². The Kier molecular flexibility index (Phi) is 5.33. The average Bonchev–Trinajstić information content (AvgIpc) is 2.89. The summed E-state index contributed by atoms with van der Waals surface area (Å²) in [4.78, 5) is 8.92. The van der Waals surface area contributed by atoms with Crippen molar-refractivity contribution in [1.29, 1.82) is 0 Å². The molecule has 1 aromatic carbocycles. The van der Waals surface area contributed by atoms with Crippen molar-refractivity contribution in [3.05, 3.63) is 41.8 Å². The third-order valence-electron chi connectivity index (χ3n) is 3.30. The van der Waals surface area contributed by atoms with Gasteiger partial charge in [-0.15, -0.1) is 12.4 Å². The second-order valence-electron chi connectivity index (χ2n) is 4.91. The maximum Gasteiger partial charge on any atom is 0.226 e. The van der Waals surface area contributed by atoms with Gasteiger partial charge in [-0.2, -0.15) is 15.1 Å². The van der Waals surface area contributed by atoms with Crippen molar-refractivity contribution >= 4 is 35.2 Å². The highest BCUT2D eigenvalue weighted by Gasteiger charge is 2.11. The van der Waals surface area contributed by atoms with Crippen molar-refractivity contribution < 1.29 is 4.39 Å². The smallest absolute Gasteiger partial charge is 0.226 e.